The van der Waals surface area contributed by atoms with Crippen LogP contribution in [0.1, 0.15) is 26.7 Å². The van der Waals surface area contributed by atoms with Crippen molar-refractivity contribution in [2.24, 2.45) is 0 Å². The summed E-state index contributed by atoms with van der Waals surface area (Å²) in [4.78, 5) is 2.43. The number of imidazole rings is 1. The van der Waals surface area contributed by atoms with Crippen LogP contribution in [-0.4, -0.2) is 40.3 Å². The molecular weight excluding hydrogens is 491 g/mol. The zero-order valence-corrected chi connectivity index (χ0v) is 22.5. The van der Waals surface area contributed by atoms with Gasteiger partial charge in [0.25, 0.3) is 0 Å². The van der Waals surface area contributed by atoms with Crippen molar-refractivity contribution in [2.75, 3.05) is 26.2 Å². The van der Waals surface area contributed by atoms with Crippen LogP contribution in [0.4, 0.5) is 0 Å². The number of hydrogen-bond donors (Lipinski definition) is 1. The number of aromatic nitrogens is 2. The molecule has 0 aliphatic rings. The highest BCUT2D eigenvalue weighted by Crippen LogP contribution is 2.28. The van der Waals surface area contributed by atoms with E-state index in [0.717, 1.165) is 50.1 Å². The third-order valence-corrected chi connectivity index (χ3v) is 7.13. The van der Waals surface area contributed by atoms with E-state index in [1.165, 1.54) is 11.1 Å². The molecule has 0 fully saturated rings. The molecule has 0 radical (unpaired) electrons. The van der Waals surface area contributed by atoms with Crippen molar-refractivity contribution in [3.8, 4) is 16.9 Å². The van der Waals surface area contributed by atoms with Crippen LogP contribution in [0.15, 0.2) is 66.7 Å². The highest BCUT2D eigenvalue weighted by molar-refractivity contribution is 6.35. The third-order valence-electron chi connectivity index (χ3n) is 6.60. The van der Waals surface area contributed by atoms with Crippen LogP contribution in [0.3, 0.4) is 0 Å². The Hall–Kier alpha value is -2.73. The van der Waals surface area contributed by atoms with Crippen molar-refractivity contribution in [2.45, 2.75) is 39.8 Å². The van der Waals surface area contributed by atoms with Crippen LogP contribution in [0.2, 0.25) is 10.0 Å². The molecule has 1 heterocycles. The Labute approximate surface area is 223 Å². The van der Waals surface area contributed by atoms with Gasteiger partial charge in [-0.05, 0) is 73.9 Å². The molecule has 4 aromatic rings. The summed E-state index contributed by atoms with van der Waals surface area (Å²) in [7, 11) is 0. The van der Waals surface area contributed by atoms with Crippen molar-refractivity contribution < 1.29 is 4.74 Å². The van der Waals surface area contributed by atoms with E-state index in [1.807, 2.05) is 6.07 Å². The summed E-state index contributed by atoms with van der Waals surface area (Å²) in [6.07, 6.45) is 1.76. The predicted octanol–water partition coefficient (Wildman–Crippen LogP) is 7.10. The summed E-state index contributed by atoms with van der Waals surface area (Å²) in [5, 5.41) is 10.1. The number of ether oxygens (including phenoxy) is 1. The molecule has 0 saturated carbocycles. The molecule has 0 spiro atoms. The largest absolute Gasteiger partial charge is 0.492 e. The first kappa shape index (κ1) is 26.3. The van der Waals surface area contributed by atoms with Crippen molar-refractivity contribution in [3.05, 3.63) is 82.4 Å². The van der Waals surface area contributed by atoms with Gasteiger partial charge >= 0.3 is 0 Å². The van der Waals surface area contributed by atoms with Crippen LogP contribution in [0.5, 0.6) is 5.75 Å². The lowest BCUT2D eigenvalue weighted by atomic mass is 10.1. The summed E-state index contributed by atoms with van der Waals surface area (Å²) in [6, 6.07) is 22.2. The molecule has 7 heteroatoms. The number of benzene rings is 3. The van der Waals surface area contributed by atoms with Gasteiger partial charge in [-0.25, -0.2) is 0 Å². The van der Waals surface area contributed by atoms with E-state index < -0.39 is 0 Å². The normalized spacial score (nSPS) is 11.5. The Morgan fingerprint density at radius 2 is 1.53 bits per heavy atom. The molecule has 0 atom stereocenters. The fourth-order valence-electron chi connectivity index (χ4n) is 4.59. The topological polar surface area (TPSA) is 46.2 Å². The fraction of sp³-hybridized carbons (Fsp3) is 0.345. The summed E-state index contributed by atoms with van der Waals surface area (Å²) < 4.78 is 10.1. The van der Waals surface area contributed by atoms with Crippen LogP contribution in [0.25, 0.3) is 22.2 Å². The molecule has 3 aromatic carbocycles. The smallest absolute Gasteiger partial charge is 0.202 e. The minimum absolute atomic E-state index is 0.504. The van der Waals surface area contributed by atoms with Gasteiger partial charge in [-0.3, -0.25) is 5.41 Å². The molecule has 4 rings (SSSR count). The number of aryl methyl sites for hydroxylation is 2. The second-order valence-electron chi connectivity index (χ2n) is 8.85. The second kappa shape index (κ2) is 12.5. The van der Waals surface area contributed by atoms with E-state index in [0.29, 0.717) is 34.6 Å². The molecule has 0 aliphatic heterocycles. The Kier molecular flexibility index (Phi) is 9.13. The number of rotatable bonds is 12. The van der Waals surface area contributed by atoms with E-state index >= 15 is 0 Å². The summed E-state index contributed by atoms with van der Waals surface area (Å²) in [5.74, 6) is 0.628. The van der Waals surface area contributed by atoms with E-state index in [-0.39, 0.29) is 0 Å². The van der Waals surface area contributed by atoms with Gasteiger partial charge in [0.05, 0.1) is 22.7 Å². The van der Waals surface area contributed by atoms with Gasteiger partial charge in [0.15, 0.2) is 0 Å². The molecule has 1 aromatic heterocycles. The fourth-order valence-corrected chi connectivity index (χ4v) is 5.06. The van der Waals surface area contributed by atoms with Gasteiger partial charge in [0.2, 0.25) is 5.62 Å². The standard InChI is InChI=1S/C29H34Cl2N4O/c1-3-33(4-2)16-8-17-35-27-20-23(22-10-6-5-7-11-22)12-14-26(27)34(29(35)32)18-9-19-36-28-15-13-24(30)21-25(28)31/h5-7,10-15,20-21,32H,3-4,8-9,16-19H2,1-2H3. The Morgan fingerprint density at radius 3 is 2.25 bits per heavy atom. The highest BCUT2D eigenvalue weighted by Gasteiger charge is 2.13. The van der Waals surface area contributed by atoms with Gasteiger partial charge in [-0.2, -0.15) is 0 Å². The van der Waals surface area contributed by atoms with E-state index in [4.69, 9.17) is 33.3 Å². The maximum Gasteiger partial charge on any atom is 0.202 e. The van der Waals surface area contributed by atoms with Crippen LogP contribution < -0.4 is 10.4 Å². The minimum atomic E-state index is 0.504. The van der Waals surface area contributed by atoms with Crippen LogP contribution in [0, 0.1) is 5.41 Å². The molecule has 0 saturated heterocycles. The molecular formula is C29H34Cl2N4O. The minimum Gasteiger partial charge on any atom is -0.492 e. The molecule has 0 bridgehead atoms. The molecule has 0 unspecified atom stereocenters. The van der Waals surface area contributed by atoms with Gasteiger partial charge in [-0.1, -0.05) is 73.4 Å². The Morgan fingerprint density at radius 1 is 0.806 bits per heavy atom. The molecule has 0 aliphatic carbocycles. The summed E-state index contributed by atoms with van der Waals surface area (Å²) in [6.45, 7) is 9.53. The van der Waals surface area contributed by atoms with E-state index in [2.05, 4.69) is 70.3 Å². The number of hydrogen-bond acceptors (Lipinski definition) is 3. The third kappa shape index (κ3) is 6.15. The molecule has 5 nitrogen and oxygen atoms in total. The van der Waals surface area contributed by atoms with Gasteiger partial charge in [0, 0.05) is 18.1 Å². The number of nitrogens with zero attached hydrogens (tertiary/aromatic N) is 3. The van der Waals surface area contributed by atoms with E-state index in [9.17, 15) is 0 Å². The maximum absolute atomic E-state index is 9.02. The maximum atomic E-state index is 9.02. The second-order valence-corrected chi connectivity index (χ2v) is 9.70. The molecule has 36 heavy (non-hydrogen) atoms. The molecule has 1 N–H and O–H groups in total. The van der Waals surface area contributed by atoms with Gasteiger partial charge in [-0.15, -0.1) is 0 Å². The molecule has 0 amide bonds. The van der Waals surface area contributed by atoms with E-state index in [1.54, 1.807) is 18.2 Å². The van der Waals surface area contributed by atoms with Crippen molar-refractivity contribution in [3.63, 3.8) is 0 Å². The SMILES string of the molecule is CCN(CC)CCCn1c(=N)n(CCCOc2ccc(Cl)cc2Cl)c2ccc(-c3ccccc3)cc21. The highest BCUT2D eigenvalue weighted by atomic mass is 35.5. The van der Waals surface area contributed by atoms with Gasteiger partial charge in [0.1, 0.15) is 5.75 Å². The van der Waals surface area contributed by atoms with Crippen molar-refractivity contribution >= 4 is 34.2 Å². The summed E-state index contributed by atoms with van der Waals surface area (Å²) >= 11 is 12.2. The Balaban J connectivity index is 1.56. The van der Waals surface area contributed by atoms with Gasteiger partial charge < -0.3 is 18.8 Å². The lowest BCUT2D eigenvalue weighted by molar-refractivity contribution is 0.291. The lowest BCUT2D eigenvalue weighted by Crippen LogP contribution is -2.28. The summed E-state index contributed by atoms with van der Waals surface area (Å²) in [5.41, 5.74) is 5.05. The first-order valence-corrected chi connectivity index (χ1v) is 13.4. The number of nitrogens with one attached hydrogen (secondary N) is 1. The monoisotopic (exact) mass is 524 g/mol. The Bertz CT molecular complexity index is 1340. The lowest BCUT2D eigenvalue weighted by Gasteiger charge is -2.17. The van der Waals surface area contributed by atoms with Crippen molar-refractivity contribution in [1.82, 2.24) is 14.0 Å². The first-order chi connectivity index (χ1) is 17.5. The number of halogens is 2. The predicted molar refractivity (Wildman–Crippen MR) is 150 cm³/mol. The average molecular weight is 526 g/mol. The average Bonchev–Trinajstić information content (AvgIpc) is 3.16. The number of fused-ring (bicyclic) bond motifs is 1. The molecule has 190 valence electrons. The van der Waals surface area contributed by atoms with Crippen molar-refractivity contribution in [1.29, 1.82) is 5.41 Å². The first-order valence-electron chi connectivity index (χ1n) is 12.6. The van der Waals surface area contributed by atoms with Crippen LogP contribution >= 0.6 is 23.2 Å². The van der Waals surface area contributed by atoms with Crippen LogP contribution in [-0.2, 0) is 13.1 Å². The quantitative estimate of drug-likeness (QED) is 0.201. The zero-order chi connectivity index (χ0) is 25.5. The zero-order valence-electron chi connectivity index (χ0n) is 21.0.